The number of rotatable bonds is 3. The van der Waals surface area contributed by atoms with E-state index in [0.29, 0.717) is 17.9 Å². The predicted molar refractivity (Wildman–Crippen MR) is 79.1 cm³/mol. The fraction of sp³-hybridized carbons (Fsp3) is 0.0667. The molecule has 6 N–H and O–H groups in total. The number of hydrogen-bond acceptors (Lipinski definition) is 4. The number of nitrogens with one attached hydrogen (secondary N) is 2. The average Bonchev–Trinajstić information content (AvgIpc) is 2.43. The third-order valence-electron chi connectivity index (χ3n) is 3.16. The molecule has 98 valence electrons. The highest BCUT2D eigenvalue weighted by molar-refractivity contribution is 5.74. The zero-order valence-corrected chi connectivity index (χ0v) is 10.7. The van der Waals surface area contributed by atoms with Crippen LogP contribution in [0.2, 0.25) is 0 Å². The lowest BCUT2D eigenvalue weighted by molar-refractivity contribution is 0.813. The third kappa shape index (κ3) is 2.26. The van der Waals surface area contributed by atoms with Gasteiger partial charge in [0.05, 0.1) is 11.4 Å². The van der Waals surface area contributed by atoms with Gasteiger partial charge in [0, 0.05) is 23.4 Å². The first-order chi connectivity index (χ1) is 9.22. The molecule has 1 heterocycles. The largest absolute Gasteiger partial charge is 0.396 e. The molecule has 0 aromatic heterocycles. The molecule has 1 aliphatic rings. The lowest BCUT2D eigenvalue weighted by atomic mass is 9.97. The van der Waals surface area contributed by atoms with Crippen LogP contribution in [-0.2, 0) is 6.54 Å². The van der Waals surface area contributed by atoms with Gasteiger partial charge in [0.2, 0.25) is 0 Å². The van der Waals surface area contributed by atoms with E-state index in [1.165, 1.54) is 0 Å². The first-order valence-corrected chi connectivity index (χ1v) is 6.01. The minimum absolute atomic E-state index is 0.548. The van der Waals surface area contributed by atoms with Gasteiger partial charge in [0.25, 0.3) is 0 Å². The molecule has 0 bridgehead atoms. The van der Waals surface area contributed by atoms with Crippen LogP contribution in [0.1, 0.15) is 11.1 Å². The fourth-order valence-electron chi connectivity index (χ4n) is 2.19. The van der Waals surface area contributed by atoms with E-state index in [1.54, 1.807) is 12.2 Å². The lowest BCUT2D eigenvalue weighted by Gasteiger charge is -2.22. The highest BCUT2D eigenvalue weighted by Gasteiger charge is 2.16. The van der Waals surface area contributed by atoms with Gasteiger partial charge in [-0.2, -0.15) is 0 Å². The van der Waals surface area contributed by atoms with Gasteiger partial charge in [-0.05, 0) is 11.6 Å². The Balaban J connectivity index is 2.73. The molecule has 0 spiro atoms. The van der Waals surface area contributed by atoms with E-state index in [0.717, 1.165) is 22.4 Å². The Labute approximate surface area is 113 Å². The summed E-state index contributed by atoms with van der Waals surface area (Å²) in [6.07, 6.45) is 3.43. The molecule has 0 fully saturated rings. The van der Waals surface area contributed by atoms with Crippen LogP contribution >= 0.6 is 0 Å². The summed E-state index contributed by atoms with van der Waals surface area (Å²) in [4.78, 5) is 0. The molecule has 2 rings (SSSR count). The quantitative estimate of drug-likeness (QED) is 0.487. The van der Waals surface area contributed by atoms with Gasteiger partial charge in [-0.1, -0.05) is 43.5 Å². The van der Waals surface area contributed by atoms with E-state index in [1.807, 2.05) is 24.3 Å². The average molecular weight is 254 g/mol. The summed E-state index contributed by atoms with van der Waals surface area (Å²) in [7, 11) is 0. The summed E-state index contributed by atoms with van der Waals surface area (Å²) in [6, 6.07) is 7.96. The van der Waals surface area contributed by atoms with Crippen LogP contribution in [-0.4, -0.2) is 0 Å². The molecule has 0 saturated heterocycles. The Hall–Kier alpha value is -2.46. The standard InChI is InChI=1S/C15H18N4/c1-3-11-13(4-2)18-9-10-7-5-6-8-12(10)15(19-17)14(11)16/h3-8,18-19H,1-2,9,16-17H2/b13-11-,15-14-. The molecule has 0 aliphatic carbocycles. The van der Waals surface area contributed by atoms with Crippen LogP contribution < -0.4 is 22.3 Å². The predicted octanol–water partition coefficient (Wildman–Crippen LogP) is 1.51. The zero-order valence-electron chi connectivity index (χ0n) is 10.7. The monoisotopic (exact) mass is 254 g/mol. The zero-order chi connectivity index (χ0) is 13.8. The van der Waals surface area contributed by atoms with E-state index >= 15 is 0 Å². The van der Waals surface area contributed by atoms with Gasteiger partial charge in [0.15, 0.2) is 0 Å². The van der Waals surface area contributed by atoms with Crippen LogP contribution in [0.25, 0.3) is 5.70 Å². The summed E-state index contributed by atoms with van der Waals surface area (Å²) in [5.41, 5.74) is 13.9. The van der Waals surface area contributed by atoms with Crippen molar-refractivity contribution in [1.82, 2.24) is 10.7 Å². The summed E-state index contributed by atoms with van der Waals surface area (Å²) in [6.45, 7) is 8.27. The number of fused-ring (bicyclic) bond motifs is 1. The van der Waals surface area contributed by atoms with Crippen LogP contribution in [0, 0.1) is 0 Å². The van der Waals surface area contributed by atoms with Crippen molar-refractivity contribution in [3.63, 3.8) is 0 Å². The van der Waals surface area contributed by atoms with E-state index in [4.69, 9.17) is 11.6 Å². The number of hydrogen-bond donors (Lipinski definition) is 4. The Bertz CT molecular complexity index is 582. The van der Waals surface area contributed by atoms with Gasteiger partial charge in [-0.25, -0.2) is 0 Å². The van der Waals surface area contributed by atoms with Crippen molar-refractivity contribution in [1.29, 1.82) is 0 Å². The van der Waals surface area contributed by atoms with Crippen LogP contribution in [0.5, 0.6) is 0 Å². The van der Waals surface area contributed by atoms with Gasteiger partial charge < -0.3 is 16.5 Å². The number of allylic oxidation sites excluding steroid dienone is 2. The molecule has 1 aromatic carbocycles. The Morgan fingerprint density at radius 2 is 1.95 bits per heavy atom. The van der Waals surface area contributed by atoms with E-state index < -0.39 is 0 Å². The van der Waals surface area contributed by atoms with Crippen molar-refractivity contribution in [2.75, 3.05) is 0 Å². The van der Waals surface area contributed by atoms with E-state index in [-0.39, 0.29) is 0 Å². The van der Waals surface area contributed by atoms with Crippen molar-refractivity contribution < 1.29 is 0 Å². The number of hydrazine groups is 1. The van der Waals surface area contributed by atoms with Crippen molar-refractivity contribution in [3.8, 4) is 0 Å². The number of benzene rings is 1. The molecule has 4 heteroatoms. The van der Waals surface area contributed by atoms with E-state index in [2.05, 4.69) is 23.9 Å². The molecule has 19 heavy (non-hydrogen) atoms. The summed E-state index contributed by atoms with van der Waals surface area (Å²) >= 11 is 0. The third-order valence-corrected chi connectivity index (χ3v) is 3.16. The molecule has 0 unspecified atom stereocenters. The maximum atomic E-state index is 6.21. The first-order valence-electron chi connectivity index (χ1n) is 6.01. The Morgan fingerprint density at radius 1 is 1.21 bits per heavy atom. The van der Waals surface area contributed by atoms with Crippen molar-refractivity contribution in [2.24, 2.45) is 11.6 Å². The highest BCUT2D eigenvalue weighted by atomic mass is 15.2. The molecule has 1 aliphatic heterocycles. The Morgan fingerprint density at radius 3 is 2.58 bits per heavy atom. The van der Waals surface area contributed by atoms with Gasteiger partial charge in [-0.3, -0.25) is 5.84 Å². The topological polar surface area (TPSA) is 76.1 Å². The second-order valence-corrected chi connectivity index (χ2v) is 4.18. The molecule has 0 radical (unpaired) electrons. The molecular weight excluding hydrogens is 236 g/mol. The minimum atomic E-state index is 0.548. The van der Waals surface area contributed by atoms with Gasteiger partial charge >= 0.3 is 0 Å². The highest BCUT2D eigenvalue weighted by Crippen LogP contribution is 2.25. The first kappa shape index (κ1) is 13.0. The molecule has 4 nitrogen and oxygen atoms in total. The van der Waals surface area contributed by atoms with Crippen LogP contribution in [0.4, 0.5) is 0 Å². The molecule has 0 amide bonds. The van der Waals surface area contributed by atoms with Crippen LogP contribution in [0.3, 0.4) is 0 Å². The maximum Gasteiger partial charge on any atom is 0.0799 e. The lowest BCUT2D eigenvalue weighted by Crippen LogP contribution is -2.28. The van der Waals surface area contributed by atoms with Gasteiger partial charge in [-0.15, -0.1) is 0 Å². The summed E-state index contributed by atoms with van der Waals surface area (Å²) in [5.74, 6) is 5.64. The second-order valence-electron chi connectivity index (χ2n) is 4.18. The Kier molecular flexibility index (Phi) is 3.73. The molecule has 0 atom stereocenters. The van der Waals surface area contributed by atoms with Crippen LogP contribution in [0.15, 0.2) is 66.5 Å². The van der Waals surface area contributed by atoms with Crippen molar-refractivity contribution >= 4 is 5.70 Å². The van der Waals surface area contributed by atoms with E-state index in [9.17, 15) is 0 Å². The van der Waals surface area contributed by atoms with Crippen molar-refractivity contribution in [3.05, 3.63) is 77.7 Å². The maximum absolute atomic E-state index is 6.21. The van der Waals surface area contributed by atoms with Gasteiger partial charge in [0.1, 0.15) is 0 Å². The minimum Gasteiger partial charge on any atom is -0.396 e. The molecular formula is C15H18N4. The van der Waals surface area contributed by atoms with Crippen molar-refractivity contribution in [2.45, 2.75) is 6.54 Å². The summed E-state index contributed by atoms with van der Waals surface area (Å²) < 4.78 is 0. The number of nitrogens with two attached hydrogens (primary N) is 2. The normalized spacial score (nSPS) is 22.6. The molecule has 1 aromatic rings. The molecule has 0 saturated carbocycles. The summed E-state index contributed by atoms with van der Waals surface area (Å²) in [5, 5.41) is 3.31. The second kappa shape index (κ2) is 5.46. The smallest absolute Gasteiger partial charge is 0.0799 e. The fourth-order valence-corrected chi connectivity index (χ4v) is 2.19. The SMILES string of the molecule is C=C/C1=C(C=C)/C(N)=C(/NN)c2ccccc2CN1.